The van der Waals surface area contributed by atoms with Crippen LogP contribution in [0.2, 0.25) is 0 Å². The summed E-state index contributed by atoms with van der Waals surface area (Å²) in [5.74, 6) is 0. The van der Waals surface area contributed by atoms with Crippen LogP contribution in [0.1, 0.15) is 0 Å². The van der Waals surface area contributed by atoms with Crippen molar-refractivity contribution < 1.29 is 0 Å². The lowest BCUT2D eigenvalue weighted by molar-refractivity contribution is 0.704. The van der Waals surface area contributed by atoms with Gasteiger partial charge in [0, 0.05) is 20.3 Å². The number of nitrogens with one attached hydrogen (secondary N) is 1. The molecule has 0 spiro atoms. The standard InChI is InChI=1S/C10H9N5O2/c1-14-8-6(9(16)15(2)10(14)17)7-5(12-13-8)3-4-11-7/h3-4,11H,1-2H3. The second-order valence-electron chi connectivity index (χ2n) is 3.84. The van der Waals surface area contributed by atoms with E-state index in [0.717, 1.165) is 4.57 Å². The van der Waals surface area contributed by atoms with Crippen LogP contribution in [-0.4, -0.2) is 24.3 Å². The first-order valence-electron chi connectivity index (χ1n) is 5.00. The van der Waals surface area contributed by atoms with Crippen molar-refractivity contribution >= 4 is 22.1 Å². The number of rotatable bonds is 0. The Morgan fingerprint density at radius 1 is 1.18 bits per heavy atom. The number of hydrogen-bond donors (Lipinski definition) is 1. The van der Waals surface area contributed by atoms with E-state index in [2.05, 4.69) is 15.2 Å². The smallest absolute Gasteiger partial charge is 0.332 e. The van der Waals surface area contributed by atoms with Crippen molar-refractivity contribution in [3.63, 3.8) is 0 Å². The molecule has 3 heterocycles. The zero-order valence-electron chi connectivity index (χ0n) is 9.26. The molecule has 0 amide bonds. The van der Waals surface area contributed by atoms with Gasteiger partial charge in [-0.2, -0.15) is 0 Å². The summed E-state index contributed by atoms with van der Waals surface area (Å²) < 4.78 is 2.37. The first-order chi connectivity index (χ1) is 8.11. The molecule has 0 aromatic carbocycles. The lowest BCUT2D eigenvalue weighted by atomic mass is 10.3. The van der Waals surface area contributed by atoms with Crippen LogP contribution in [0.15, 0.2) is 21.9 Å². The average Bonchev–Trinajstić information content (AvgIpc) is 2.80. The number of nitrogens with zero attached hydrogens (tertiary/aromatic N) is 4. The van der Waals surface area contributed by atoms with Crippen LogP contribution in [0.25, 0.3) is 22.1 Å². The van der Waals surface area contributed by atoms with E-state index in [-0.39, 0.29) is 11.2 Å². The van der Waals surface area contributed by atoms with Crippen molar-refractivity contribution in [2.75, 3.05) is 0 Å². The van der Waals surface area contributed by atoms with Crippen molar-refractivity contribution in [2.45, 2.75) is 0 Å². The van der Waals surface area contributed by atoms with Crippen molar-refractivity contribution in [1.29, 1.82) is 0 Å². The second kappa shape index (κ2) is 3.03. The Kier molecular flexibility index (Phi) is 1.74. The van der Waals surface area contributed by atoms with E-state index < -0.39 is 5.69 Å². The third-order valence-corrected chi connectivity index (χ3v) is 2.86. The Bertz CT molecular complexity index is 855. The lowest BCUT2D eigenvalue weighted by Crippen LogP contribution is -2.37. The summed E-state index contributed by atoms with van der Waals surface area (Å²) in [4.78, 5) is 26.7. The Balaban J connectivity index is 2.79. The predicted molar refractivity (Wildman–Crippen MR) is 61.9 cm³/mol. The summed E-state index contributed by atoms with van der Waals surface area (Å²) in [6, 6.07) is 1.73. The number of fused-ring (bicyclic) bond motifs is 3. The fourth-order valence-electron chi connectivity index (χ4n) is 1.92. The van der Waals surface area contributed by atoms with Gasteiger partial charge in [0.2, 0.25) is 0 Å². The maximum absolute atomic E-state index is 12.1. The molecule has 7 heteroatoms. The highest BCUT2D eigenvalue weighted by Gasteiger charge is 2.13. The minimum absolute atomic E-state index is 0.285. The molecule has 3 aromatic rings. The van der Waals surface area contributed by atoms with Gasteiger partial charge < -0.3 is 4.98 Å². The molecule has 0 unspecified atom stereocenters. The molecular weight excluding hydrogens is 222 g/mol. The Morgan fingerprint density at radius 3 is 2.71 bits per heavy atom. The molecule has 0 atom stereocenters. The summed E-state index contributed by atoms with van der Waals surface area (Å²) >= 11 is 0. The van der Waals surface area contributed by atoms with Gasteiger partial charge >= 0.3 is 5.69 Å². The van der Waals surface area contributed by atoms with Crippen LogP contribution < -0.4 is 11.2 Å². The Morgan fingerprint density at radius 2 is 1.94 bits per heavy atom. The third-order valence-electron chi connectivity index (χ3n) is 2.86. The van der Waals surface area contributed by atoms with Gasteiger partial charge in [0.15, 0.2) is 5.65 Å². The highest BCUT2D eigenvalue weighted by atomic mass is 16.2. The topological polar surface area (TPSA) is 85.6 Å². The fraction of sp³-hybridized carbons (Fsp3) is 0.200. The molecule has 3 aromatic heterocycles. The van der Waals surface area contributed by atoms with Crippen LogP contribution in [0.5, 0.6) is 0 Å². The summed E-state index contributed by atoms with van der Waals surface area (Å²) in [6.07, 6.45) is 1.68. The molecule has 0 fully saturated rings. The first-order valence-corrected chi connectivity index (χ1v) is 5.00. The van der Waals surface area contributed by atoms with Crippen LogP contribution >= 0.6 is 0 Å². The van der Waals surface area contributed by atoms with Crippen LogP contribution in [0.3, 0.4) is 0 Å². The Labute approximate surface area is 94.3 Å². The Hall–Kier alpha value is -2.44. The van der Waals surface area contributed by atoms with E-state index in [0.29, 0.717) is 16.4 Å². The zero-order chi connectivity index (χ0) is 12.2. The molecule has 0 aliphatic carbocycles. The van der Waals surface area contributed by atoms with Crippen LogP contribution in [0, 0.1) is 0 Å². The molecule has 3 rings (SSSR count). The van der Waals surface area contributed by atoms with Crippen molar-refractivity contribution in [3.8, 4) is 0 Å². The van der Waals surface area contributed by atoms with Gasteiger partial charge in [-0.3, -0.25) is 13.9 Å². The molecule has 0 aliphatic rings. The summed E-state index contributed by atoms with van der Waals surface area (Å²) in [5, 5.41) is 8.26. The minimum Gasteiger partial charge on any atom is -0.359 e. The summed E-state index contributed by atoms with van der Waals surface area (Å²) in [6.45, 7) is 0. The average molecular weight is 231 g/mol. The molecule has 0 saturated heterocycles. The molecule has 0 bridgehead atoms. The van der Waals surface area contributed by atoms with E-state index >= 15 is 0 Å². The number of aromatic amines is 1. The van der Waals surface area contributed by atoms with E-state index in [1.54, 1.807) is 19.3 Å². The number of hydrogen-bond acceptors (Lipinski definition) is 4. The number of aromatic nitrogens is 5. The monoisotopic (exact) mass is 231 g/mol. The quantitative estimate of drug-likeness (QED) is 0.565. The SMILES string of the molecule is Cn1c(=O)c2c3[nH]ccc3nnc2n(C)c1=O. The van der Waals surface area contributed by atoms with E-state index in [4.69, 9.17) is 0 Å². The molecule has 17 heavy (non-hydrogen) atoms. The van der Waals surface area contributed by atoms with E-state index in [1.807, 2.05) is 0 Å². The van der Waals surface area contributed by atoms with Crippen LogP contribution in [-0.2, 0) is 14.1 Å². The van der Waals surface area contributed by atoms with Gasteiger partial charge in [0.05, 0.1) is 5.52 Å². The highest BCUT2D eigenvalue weighted by molar-refractivity contribution is 5.99. The molecule has 0 aliphatic heterocycles. The first kappa shape index (κ1) is 9.76. The second-order valence-corrected chi connectivity index (χ2v) is 3.84. The van der Waals surface area contributed by atoms with Gasteiger partial charge in [-0.1, -0.05) is 0 Å². The fourth-order valence-corrected chi connectivity index (χ4v) is 1.92. The molecule has 1 N–H and O–H groups in total. The van der Waals surface area contributed by atoms with E-state index in [1.165, 1.54) is 11.6 Å². The largest absolute Gasteiger partial charge is 0.359 e. The van der Waals surface area contributed by atoms with Gasteiger partial charge in [0.25, 0.3) is 5.56 Å². The van der Waals surface area contributed by atoms with Crippen molar-refractivity contribution in [2.24, 2.45) is 14.1 Å². The van der Waals surface area contributed by atoms with Crippen molar-refractivity contribution in [1.82, 2.24) is 24.3 Å². The number of aryl methyl sites for hydroxylation is 1. The van der Waals surface area contributed by atoms with Gasteiger partial charge in [-0.05, 0) is 6.07 Å². The molecule has 0 radical (unpaired) electrons. The molecule has 7 nitrogen and oxygen atoms in total. The summed E-state index contributed by atoms with van der Waals surface area (Å²) in [7, 11) is 3.01. The zero-order valence-corrected chi connectivity index (χ0v) is 9.26. The maximum atomic E-state index is 12.1. The van der Waals surface area contributed by atoms with E-state index in [9.17, 15) is 9.59 Å². The highest BCUT2D eigenvalue weighted by Crippen LogP contribution is 2.14. The maximum Gasteiger partial charge on any atom is 0.332 e. The van der Waals surface area contributed by atoms with Gasteiger partial charge in [-0.15, -0.1) is 10.2 Å². The normalized spacial score (nSPS) is 11.4. The van der Waals surface area contributed by atoms with Gasteiger partial charge in [0.1, 0.15) is 10.9 Å². The minimum atomic E-state index is -0.414. The van der Waals surface area contributed by atoms with Crippen LogP contribution in [0.4, 0.5) is 0 Å². The number of H-pyrrole nitrogens is 1. The molecular formula is C10H9N5O2. The van der Waals surface area contributed by atoms with Crippen molar-refractivity contribution in [3.05, 3.63) is 33.1 Å². The van der Waals surface area contributed by atoms with Gasteiger partial charge in [-0.25, -0.2) is 4.79 Å². The third kappa shape index (κ3) is 1.10. The summed E-state index contributed by atoms with van der Waals surface area (Å²) in [5.41, 5.74) is 0.709. The molecule has 0 saturated carbocycles. The lowest BCUT2D eigenvalue weighted by Gasteiger charge is -2.05. The molecule has 86 valence electrons. The predicted octanol–water partition coefficient (Wildman–Crippen LogP) is -0.492.